The summed E-state index contributed by atoms with van der Waals surface area (Å²) in [5, 5.41) is 12.0. The SMILES string of the molecule is O=C(Nc1ccc(Cl)c(Cl)c1)c1nn2c(c1Br)N[C@H](c1cccs1)C[C@@H]2C(F)(F)F. The Balaban J connectivity index is 1.69. The molecule has 2 N–H and O–H groups in total. The van der Waals surface area contributed by atoms with Crippen molar-refractivity contribution >= 4 is 67.9 Å². The molecule has 12 heteroatoms. The summed E-state index contributed by atoms with van der Waals surface area (Å²) in [6, 6.07) is 5.59. The molecule has 30 heavy (non-hydrogen) atoms. The number of fused-ring (bicyclic) bond motifs is 1. The lowest BCUT2D eigenvalue weighted by atomic mass is 10.0. The summed E-state index contributed by atoms with van der Waals surface area (Å²) >= 11 is 16.4. The number of alkyl halides is 3. The molecule has 3 aromatic rings. The zero-order valence-corrected chi connectivity index (χ0v) is 18.7. The van der Waals surface area contributed by atoms with Gasteiger partial charge < -0.3 is 10.6 Å². The van der Waals surface area contributed by atoms with Crippen LogP contribution in [0.1, 0.15) is 33.9 Å². The van der Waals surface area contributed by atoms with Crippen LogP contribution in [0.3, 0.4) is 0 Å². The fraction of sp³-hybridized carbons (Fsp3) is 0.222. The topological polar surface area (TPSA) is 59.0 Å². The first-order chi connectivity index (χ1) is 14.1. The summed E-state index contributed by atoms with van der Waals surface area (Å²) in [4.78, 5) is 13.5. The molecule has 1 aromatic carbocycles. The Labute approximate surface area is 191 Å². The molecular formula is C18H12BrCl2F3N4OS. The van der Waals surface area contributed by atoms with E-state index in [0.29, 0.717) is 10.7 Å². The molecule has 0 saturated carbocycles. The standard InChI is InChI=1S/C18H12BrCl2F3N4OS/c19-14-15(17(29)25-8-3-4-9(20)10(21)6-8)27-28-13(18(22,23)24)7-11(26-16(14)28)12-2-1-5-30-12/h1-6,11,13,26H,7H2,(H,25,29)/t11-,13+/m0/s1. The maximum absolute atomic E-state index is 13.8. The largest absolute Gasteiger partial charge is 0.410 e. The van der Waals surface area contributed by atoms with Gasteiger partial charge in [0.2, 0.25) is 0 Å². The quantitative estimate of drug-likeness (QED) is 0.379. The lowest BCUT2D eigenvalue weighted by Gasteiger charge is -2.33. The maximum atomic E-state index is 13.8. The molecule has 5 nitrogen and oxygen atoms in total. The summed E-state index contributed by atoms with van der Waals surface area (Å²) in [6.07, 6.45) is -4.77. The minimum absolute atomic E-state index is 0.0984. The van der Waals surface area contributed by atoms with Crippen molar-refractivity contribution in [3.63, 3.8) is 0 Å². The van der Waals surface area contributed by atoms with Gasteiger partial charge in [-0.3, -0.25) is 4.79 Å². The van der Waals surface area contributed by atoms with E-state index in [4.69, 9.17) is 23.2 Å². The van der Waals surface area contributed by atoms with Gasteiger partial charge in [0.15, 0.2) is 11.7 Å². The van der Waals surface area contributed by atoms with Gasteiger partial charge in [-0.2, -0.15) is 18.3 Å². The number of hydrogen-bond donors (Lipinski definition) is 2. The summed E-state index contributed by atoms with van der Waals surface area (Å²) in [7, 11) is 0. The number of nitrogens with one attached hydrogen (secondary N) is 2. The Kier molecular flexibility index (Phi) is 5.78. The second-order valence-corrected chi connectivity index (χ2v) is 9.13. The third-order valence-electron chi connectivity index (χ3n) is 4.57. The number of hydrogen-bond acceptors (Lipinski definition) is 4. The fourth-order valence-corrected chi connectivity index (χ4v) is 4.82. The molecule has 0 fully saturated rings. The van der Waals surface area contributed by atoms with E-state index in [9.17, 15) is 18.0 Å². The molecule has 4 rings (SSSR count). The molecule has 0 spiro atoms. The van der Waals surface area contributed by atoms with Crippen LogP contribution in [-0.2, 0) is 0 Å². The number of rotatable bonds is 3. The van der Waals surface area contributed by atoms with Crippen molar-refractivity contribution < 1.29 is 18.0 Å². The summed E-state index contributed by atoms with van der Waals surface area (Å²) in [5.74, 6) is -0.584. The first kappa shape index (κ1) is 21.5. The normalized spacial score (nSPS) is 18.6. The number of thiophene rings is 1. The van der Waals surface area contributed by atoms with Crippen molar-refractivity contribution in [1.29, 1.82) is 0 Å². The van der Waals surface area contributed by atoms with Gasteiger partial charge in [-0.1, -0.05) is 29.3 Å². The van der Waals surface area contributed by atoms with Crippen molar-refractivity contribution in [3.05, 3.63) is 60.8 Å². The fourth-order valence-electron chi connectivity index (χ4n) is 3.17. The van der Waals surface area contributed by atoms with E-state index in [1.807, 2.05) is 0 Å². The number of carbonyl (C=O) groups excluding carboxylic acids is 1. The van der Waals surface area contributed by atoms with Gasteiger partial charge in [-0.05, 0) is 45.6 Å². The molecule has 1 amide bonds. The van der Waals surface area contributed by atoms with Crippen molar-refractivity contribution in [1.82, 2.24) is 9.78 Å². The summed E-state index contributed by atoms with van der Waals surface area (Å²) in [5.41, 5.74) is 0.161. The van der Waals surface area contributed by atoms with Gasteiger partial charge >= 0.3 is 6.18 Å². The van der Waals surface area contributed by atoms with Crippen LogP contribution in [0.15, 0.2) is 40.2 Å². The van der Waals surface area contributed by atoms with E-state index in [1.54, 1.807) is 17.5 Å². The Bertz CT molecular complexity index is 1100. The summed E-state index contributed by atoms with van der Waals surface area (Å²) in [6.45, 7) is 0. The highest BCUT2D eigenvalue weighted by atomic mass is 79.9. The number of amides is 1. The zero-order valence-electron chi connectivity index (χ0n) is 14.8. The van der Waals surface area contributed by atoms with E-state index in [2.05, 4.69) is 31.7 Å². The molecule has 0 bridgehead atoms. The first-order valence-electron chi connectivity index (χ1n) is 8.56. The molecule has 158 valence electrons. The number of halogens is 6. The number of aromatic nitrogens is 2. The van der Waals surface area contributed by atoms with Crippen molar-refractivity contribution in [2.75, 3.05) is 10.6 Å². The van der Waals surface area contributed by atoms with Gasteiger partial charge in [0.25, 0.3) is 5.91 Å². The predicted molar refractivity (Wildman–Crippen MR) is 115 cm³/mol. The number of anilines is 2. The molecule has 0 aliphatic carbocycles. The third-order valence-corrected chi connectivity index (χ3v) is 7.05. The van der Waals surface area contributed by atoms with Crippen LogP contribution >= 0.6 is 50.5 Å². The monoisotopic (exact) mass is 538 g/mol. The summed E-state index contributed by atoms with van der Waals surface area (Å²) < 4.78 is 42.3. The van der Waals surface area contributed by atoms with Crippen LogP contribution < -0.4 is 10.6 Å². The minimum Gasteiger partial charge on any atom is -0.362 e. The first-order valence-corrected chi connectivity index (χ1v) is 11.0. The smallest absolute Gasteiger partial charge is 0.362 e. The minimum atomic E-state index is -4.53. The van der Waals surface area contributed by atoms with Crippen LogP contribution in [0.25, 0.3) is 0 Å². The third kappa shape index (κ3) is 4.05. The molecule has 0 saturated heterocycles. The van der Waals surface area contributed by atoms with Gasteiger partial charge in [0.1, 0.15) is 5.82 Å². The number of benzene rings is 1. The molecule has 3 heterocycles. The van der Waals surface area contributed by atoms with Crippen molar-refractivity contribution in [3.8, 4) is 0 Å². The van der Waals surface area contributed by atoms with Gasteiger partial charge in [0.05, 0.1) is 20.6 Å². The van der Waals surface area contributed by atoms with Crippen LogP contribution in [0.5, 0.6) is 0 Å². The maximum Gasteiger partial charge on any atom is 0.410 e. The second-order valence-electron chi connectivity index (χ2n) is 6.54. The Morgan fingerprint density at radius 3 is 2.70 bits per heavy atom. The molecule has 1 aliphatic heterocycles. The molecule has 2 atom stereocenters. The lowest BCUT2D eigenvalue weighted by Crippen LogP contribution is -2.35. The van der Waals surface area contributed by atoms with Crippen molar-refractivity contribution in [2.24, 2.45) is 0 Å². The Hall–Kier alpha value is -1.75. The number of carbonyl (C=O) groups is 1. The molecule has 0 unspecified atom stereocenters. The number of nitrogens with zero attached hydrogens (tertiary/aromatic N) is 2. The molecule has 1 aliphatic rings. The van der Waals surface area contributed by atoms with E-state index in [0.717, 1.165) is 9.56 Å². The van der Waals surface area contributed by atoms with E-state index in [-0.39, 0.29) is 27.4 Å². The van der Waals surface area contributed by atoms with Crippen LogP contribution in [0.4, 0.5) is 24.7 Å². The van der Waals surface area contributed by atoms with E-state index in [1.165, 1.54) is 29.5 Å². The second kappa shape index (κ2) is 8.07. The van der Waals surface area contributed by atoms with Crippen LogP contribution in [-0.4, -0.2) is 21.9 Å². The van der Waals surface area contributed by atoms with Crippen LogP contribution in [0, 0.1) is 0 Å². The van der Waals surface area contributed by atoms with Crippen LogP contribution in [0.2, 0.25) is 10.0 Å². The average molecular weight is 540 g/mol. The Morgan fingerprint density at radius 2 is 2.07 bits per heavy atom. The van der Waals surface area contributed by atoms with Gasteiger partial charge in [-0.25, -0.2) is 4.68 Å². The molecule has 0 radical (unpaired) electrons. The average Bonchev–Trinajstić information content (AvgIpc) is 3.32. The highest BCUT2D eigenvalue weighted by Crippen LogP contribution is 2.47. The molecule has 2 aromatic heterocycles. The van der Waals surface area contributed by atoms with Gasteiger partial charge in [0, 0.05) is 17.0 Å². The predicted octanol–water partition coefficient (Wildman–Crippen LogP) is 6.93. The van der Waals surface area contributed by atoms with Crippen molar-refractivity contribution in [2.45, 2.75) is 24.7 Å². The highest BCUT2D eigenvalue weighted by molar-refractivity contribution is 9.10. The van der Waals surface area contributed by atoms with E-state index >= 15 is 0 Å². The van der Waals surface area contributed by atoms with E-state index < -0.39 is 24.2 Å². The Morgan fingerprint density at radius 1 is 1.30 bits per heavy atom. The van der Waals surface area contributed by atoms with Gasteiger partial charge in [-0.15, -0.1) is 11.3 Å². The highest BCUT2D eigenvalue weighted by Gasteiger charge is 2.48. The zero-order chi connectivity index (χ0) is 21.6. The molecular weight excluding hydrogens is 528 g/mol. The lowest BCUT2D eigenvalue weighted by molar-refractivity contribution is -0.173.